The highest BCUT2D eigenvalue weighted by molar-refractivity contribution is 5.96. The van der Waals surface area contributed by atoms with Crippen LogP contribution >= 0.6 is 0 Å². The van der Waals surface area contributed by atoms with Gasteiger partial charge in [0.25, 0.3) is 0 Å². The van der Waals surface area contributed by atoms with Crippen LogP contribution in [0.1, 0.15) is 48.0 Å². The fraction of sp³-hybridized carbons (Fsp3) is 0.519. The van der Waals surface area contributed by atoms with E-state index in [1.165, 1.54) is 16.5 Å². The van der Waals surface area contributed by atoms with Crippen molar-refractivity contribution in [1.29, 1.82) is 0 Å². The van der Waals surface area contributed by atoms with Gasteiger partial charge < -0.3 is 24.3 Å². The van der Waals surface area contributed by atoms with E-state index >= 15 is 0 Å². The SMILES string of the molecule is Cn1ccc2c(CNCC3CCN(c4ncc(C(=O)COC5CCCCO5)cn4)CC3)cccc21. The van der Waals surface area contributed by atoms with Crippen LogP contribution < -0.4 is 10.2 Å². The molecule has 2 aromatic heterocycles. The van der Waals surface area contributed by atoms with Crippen molar-refractivity contribution < 1.29 is 14.3 Å². The Balaban J connectivity index is 1.05. The van der Waals surface area contributed by atoms with Gasteiger partial charge in [-0.1, -0.05) is 12.1 Å². The Hall–Kier alpha value is -2.81. The van der Waals surface area contributed by atoms with Crippen molar-refractivity contribution in [3.63, 3.8) is 0 Å². The third-order valence-corrected chi connectivity index (χ3v) is 7.16. The molecule has 4 heterocycles. The number of carbonyl (C=O) groups excluding carboxylic acids is 1. The lowest BCUT2D eigenvalue weighted by Crippen LogP contribution is -2.38. The van der Waals surface area contributed by atoms with E-state index in [-0.39, 0.29) is 18.7 Å². The highest BCUT2D eigenvalue weighted by Gasteiger charge is 2.22. The molecule has 1 aromatic carbocycles. The molecule has 5 rings (SSSR count). The molecular formula is C27H35N5O3. The second-order valence-corrected chi connectivity index (χ2v) is 9.64. The summed E-state index contributed by atoms with van der Waals surface area (Å²) in [5, 5.41) is 4.99. The number of hydrogen-bond acceptors (Lipinski definition) is 7. The van der Waals surface area contributed by atoms with E-state index in [2.05, 4.69) is 62.3 Å². The number of ketones is 1. The fourth-order valence-corrected chi connectivity index (χ4v) is 4.99. The number of benzene rings is 1. The monoisotopic (exact) mass is 477 g/mol. The standard InChI is InChI=1S/C27H35N5O3/c1-31-11-10-23-21(5-4-6-24(23)31)16-28-15-20-8-12-32(13-9-20)27-29-17-22(18-30-27)25(33)19-35-26-7-2-3-14-34-26/h4-6,10-11,17-18,20,26,28H,2-3,7-9,12-16,19H2,1H3. The van der Waals surface area contributed by atoms with Gasteiger partial charge in [0.05, 0.1) is 5.56 Å². The van der Waals surface area contributed by atoms with Gasteiger partial charge in [0.2, 0.25) is 5.95 Å². The molecule has 8 nitrogen and oxygen atoms in total. The maximum absolute atomic E-state index is 12.4. The second-order valence-electron chi connectivity index (χ2n) is 9.64. The maximum Gasteiger partial charge on any atom is 0.225 e. The predicted molar refractivity (Wildman–Crippen MR) is 135 cm³/mol. The number of nitrogens with one attached hydrogen (secondary N) is 1. The number of aryl methyl sites for hydroxylation is 1. The van der Waals surface area contributed by atoms with Crippen LogP contribution in [0.15, 0.2) is 42.9 Å². The lowest BCUT2D eigenvalue weighted by Gasteiger charge is -2.32. The van der Waals surface area contributed by atoms with Gasteiger partial charge in [-0.15, -0.1) is 0 Å². The zero-order valence-electron chi connectivity index (χ0n) is 20.5. The summed E-state index contributed by atoms with van der Waals surface area (Å²) in [7, 11) is 2.09. The summed E-state index contributed by atoms with van der Waals surface area (Å²) < 4.78 is 13.3. The van der Waals surface area contributed by atoms with Gasteiger partial charge in [0.15, 0.2) is 12.1 Å². The molecule has 0 saturated carbocycles. The summed E-state index contributed by atoms with van der Waals surface area (Å²) in [4.78, 5) is 23.6. The molecule has 2 fully saturated rings. The lowest BCUT2D eigenvalue weighted by molar-refractivity contribution is -0.155. The largest absolute Gasteiger partial charge is 0.353 e. The van der Waals surface area contributed by atoms with Crippen molar-refractivity contribution in [1.82, 2.24) is 19.9 Å². The van der Waals surface area contributed by atoms with Gasteiger partial charge in [0, 0.05) is 62.8 Å². The zero-order chi connectivity index (χ0) is 24.0. The lowest BCUT2D eigenvalue weighted by atomic mass is 9.97. The molecule has 8 heteroatoms. The fourth-order valence-electron chi connectivity index (χ4n) is 4.99. The molecule has 0 amide bonds. The molecule has 2 saturated heterocycles. The van der Waals surface area contributed by atoms with Gasteiger partial charge in [-0.3, -0.25) is 4.79 Å². The molecular weight excluding hydrogens is 442 g/mol. The van der Waals surface area contributed by atoms with Crippen molar-refractivity contribution >= 4 is 22.6 Å². The minimum absolute atomic E-state index is 0.00451. The quantitative estimate of drug-likeness (QED) is 0.471. The van der Waals surface area contributed by atoms with E-state index in [0.29, 0.717) is 24.0 Å². The Kier molecular flexibility index (Phi) is 7.71. The molecule has 186 valence electrons. The van der Waals surface area contributed by atoms with Crippen LogP contribution in [0.2, 0.25) is 0 Å². The molecule has 1 unspecified atom stereocenters. The number of carbonyl (C=O) groups is 1. The second kappa shape index (κ2) is 11.3. The number of piperidine rings is 1. The van der Waals surface area contributed by atoms with Gasteiger partial charge in [-0.2, -0.15) is 0 Å². The molecule has 3 aromatic rings. The molecule has 35 heavy (non-hydrogen) atoms. The van der Waals surface area contributed by atoms with Gasteiger partial charge in [0.1, 0.15) is 6.61 Å². The third-order valence-electron chi connectivity index (χ3n) is 7.16. The van der Waals surface area contributed by atoms with Crippen molar-refractivity contribution in [3.8, 4) is 0 Å². The minimum Gasteiger partial charge on any atom is -0.353 e. The number of anilines is 1. The minimum atomic E-state index is -0.268. The number of ether oxygens (including phenoxy) is 2. The van der Waals surface area contributed by atoms with Crippen molar-refractivity contribution in [3.05, 3.63) is 54.0 Å². The Morgan fingerprint density at radius 1 is 1.14 bits per heavy atom. The highest BCUT2D eigenvalue weighted by atomic mass is 16.7. The molecule has 0 spiro atoms. The van der Waals surface area contributed by atoms with Crippen LogP contribution in [0, 0.1) is 5.92 Å². The summed E-state index contributed by atoms with van der Waals surface area (Å²) in [6.45, 7) is 4.46. The maximum atomic E-state index is 12.4. The first-order chi connectivity index (χ1) is 17.2. The molecule has 0 radical (unpaired) electrons. The topological polar surface area (TPSA) is 81.5 Å². The first-order valence-electron chi connectivity index (χ1n) is 12.7. The number of fused-ring (bicyclic) bond motifs is 1. The molecule has 2 aliphatic rings. The smallest absolute Gasteiger partial charge is 0.225 e. The van der Waals surface area contributed by atoms with Crippen LogP contribution in [0.5, 0.6) is 0 Å². The molecule has 2 aliphatic heterocycles. The summed E-state index contributed by atoms with van der Waals surface area (Å²) in [5.41, 5.74) is 3.11. The summed E-state index contributed by atoms with van der Waals surface area (Å²) in [6.07, 6.45) is 10.3. The van der Waals surface area contributed by atoms with Crippen LogP contribution in [-0.2, 0) is 23.1 Å². The van der Waals surface area contributed by atoms with Crippen LogP contribution in [0.25, 0.3) is 10.9 Å². The van der Waals surface area contributed by atoms with Crippen molar-refractivity contribution in [2.24, 2.45) is 13.0 Å². The molecule has 1 N–H and O–H groups in total. The Morgan fingerprint density at radius 2 is 1.97 bits per heavy atom. The zero-order valence-corrected chi connectivity index (χ0v) is 20.5. The average molecular weight is 478 g/mol. The molecule has 1 atom stereocenters. The Labute approximate surface area is 206 Å². The first kappa shape index (κ1) is 23.9. The van der Waals surface area contributed by atoms with E-state index in [1.807, 2.05) is 0 Å². The van der Waals surface area contributed by atoms with Crippen LogP contribution in [-0.4, -0.2) is 59.5 Å². The summed E-state index contributed by atoms with van der Waals surface area (Å²) in [6, 6.07) is 8.70. The van der Waals surface area contributed by atoms with Gasteiger partial charge >= 0.3 is 0 Å². The first-order valence-corrected chi connectivity index (χ1v) is 12.7. The van der Waals surface area contributed by atoms with E-state index in [4.69, 9.17) is 9.47 Å². The predicted octanol–water partition coefficient (Wildman–Crippen LogP) is 3.70. The molecule has 0 aliphatic carbocycles. The van der Waals surface area contributed by atoms with Gasteiger partial charge in [-0.25, -0.2) is 9.97 Å². The van der Waals surface area contributed by atoms with Crippen LogP contribution in [0.4, 0.5) is 5.95 Å². The average Bonchev–Trinajstić information content (AvgIpc) is 3.30. The molecule has 0 bridgehead atoms. The summed E-state index contributed by atoms with van der Waals surface area (Å²) >= 11 is 0. The summed E-state index contributed by atoms with van der Waals surface area (Å²) in [5.74, 6) is 1.23. The van der Waals surface area contributed by atoms with Crippen molar-refractivity contribution in [2.75, 3.05) is 37.7 Å². The van der Waals surface area contributed by atoms with E-state index in [0.717, 1.165) is 58.3 Å². The Bertz CT molecular complexity index is 1120. The van der Waals surface area contributed by atoms with E-state index in [1.54, 1.807) is 12.4 Å². The van der Waals surface area contributed by atoms with Gasteiger partial charge in [-0.05, 0) is 62.3 Å². The number of hydrogen-bond donors (Lipinski definition) is 1. The highest BCUT2D eigenvalue weighted by Crippen LogP contribution is 2.22. The van der Waals surface area contributed by atoms with Crippen LogP contribution in [0.3, 0.4) is 0 Å². The Morgan fingerprint density at radius 3 is 2.74 bits per heavy atom. The van der Waals surface area contributed by atoms with Crippen molar-refractivity contribution in [2.45, 2.75) is 44.9 Å². The number of aromatic nitrogens is 3. The normalized spacial score (nSPS) is 19.3. The number of rotatable bonds is 9. The van der Waals surface area contributed by atoms with E-state index < -0.39 is 0 Å². The third kappa shape index (κ3) is 5.89. The number of nitrogens with zero attached hydrogens (tertiary/aromatic N) is 4. The van der Waals surface area contributed by atoms with E-state index in [9.17, 15) is 4.79 Å². The number of Topliss-reactive ketones (excluding diaryl/α,β-unsaturated/α-hetero) is 1.